The monoisotopic (exact) mass is 267 g/mol. The number of hydrogen-bond donors (Lipinski definition) is 0. The lowest BCUT2D eigenvalue weighted by Gasteiger charge is -2.32. The summed E-state index contributed by atoms with van der Waals surface area (Å²) < 4.78 is 0. The first-order chi connectivity index (χ1) is 9.81. The molecule has 1 aromatic heterocycles. The average Bonchev–Trinajstić information content (AvgIpc) is 2.51. The fourth-order valence-corrected chi connectivity index (χ4v) is 2.65. The van der Waals surface area contributed by atoms with Crippen molar-refractivity contribution in [3.05, 3.63) is 54.4 Å². The molecule has 0 radical (unpaired) electrons. The van der Waals surface area contributed by atoms with E-state index in [9.17, 15) is 0 Å². The van der Waals surface area contributed by atoms with Crippen molar-refractivity contribution in [1.29, 1.82) is 0 Å². The quantitative estimate of drug-likeness (QED) is 0.852. The Bertz CT molecular complexity index is 545. The van der Waals surface area contributed by atoms with Gasteiger partial charge in [0.05, 0.1) is 0 Å². The number of pyridine rings is 1. The van der Waals surface area contributed by atoms with Gasteiger partial charge < -0.3 is 4.90 Å². The molecule has 0 unspecified atom stereocenters. The van der Waals surface area contributed by atoms with Crippen LogP contribution < -0.4 is 0 Å². The number of piperazine rings is 1. The molecule has 104 valence electrons. The van der Waals surface area contributed by atoms with E-state index in [1.807, 2.05) is 18.5 Å². The largest absolute Gasteiger partial charge is 0.304 e. The Hall–Kier alpha value is -1.71. The van der Waals surface area contributed by atoms with Gasteiger partial charge in [0.2, 0.25) is 0 Å². The van der Waals surface area contributed by atoms with Gasteiger partial charge in [-0.3, -0.25) is 9.88 Å². The second-order valence-electron chi connectivity index (χ2n) is 5.52. The lowest BCUT2D eigenvalue weighted by atomic mass is 10.0. The molecule has 3 heteroatoms. The van der Waals surface area contributed by atoms with Crippen LogP contribution in [0.4, 0.5) is 0 Å². The minimum Gasteiger partial charge on any atom is -0.304 e. The van der Waals surface area contributed by atoms with E-state index >= 15 is 0 Å². The molecule has 20 heavy (non-hydrogen) atoms. The minimum atomic E-state index is 1.04. The number of rotatable bonds is 3. The fraction of sp³-hybridized carbons (Fsp3) is 0.353. The molecule has 0 aliphatic carbocycles. The number of nitrogens with zero attached hydrogens (tertiary/aromatic N) is 3. The van der Waals surface area contributed by atoms with Crippen LogP contribution in [0.3, 0.4) is 0 Å². The molecule has 1 fully saturated rings. The maximum atomic E-state index is 4.20. The zero-order valence-electron chi connectivity index (χ0n) is 12.0. The molecule has 2 aromatic rings. The Morgan fingerprint density at radius 1 is 1.00 bits per heavy atom. The van der Waals surface area contributed by atoms with Gasteiger partial charge in [-0.1, -0.05) is 24.3 Å². The zero-order valence-corrected chi connectivity index (χ0v) is 12.0. The van der Waals surface area contributed by atoms with Crippen molar-refractivity contribution in [2.45, 2.75) is 6.54 Å². The molecule has 0 spiro atoms. The first-order valence-electron chi connectivity index (χ1n) is 7.21. The molecule has 0 atom stereocenters. The highest BCUT2D eigenvalue weighted by Gasteiger charge is 2.13. The van der Waals surface area contributed by atoms with Crippen molar-refractivity contribution in [3.63, 3.8) is 0 Å². The van der Waals surface area contributed by atoms with E-state index in [4.69, 9.17) is 0 Å². The molecule has 3 nitrogen and oxygen atoms in total. The van der Waals surface area contributed by atoms with Crippen LogP contribution >= 0.6 is 0 Å². The molecule has 0 amide bonds. The summed E-state index contributed by atoms with van der Waals surface area (Å²) in [6.45, 7) is 5.70. The Balaban J connectivity index is 1.72. The van der Waals surface area contributed by atoms with Crippen LogP contribution in [0.15, 0.2) is 48.8 Å². The van der Waals surface area contributed by atoms with Crippen LogP contribution in [0, 0.1) is 0 Å². The fourth-order valence-electron chi connectivity index (χ4n) is 2.65. The second kappa shape index (κ2) is 6.16. The van der Waals surface area contributed by atoms with Gasteiger partial charge >= 0.3 is 0 Å². The van der Waals surface area contributed by atoms with E-state index in [-0.39, 0.29) is 0 Å². The summed E-state index contributed by atoms with van der Waals surface area (Å²) in [5.41, 5.74) is 3.83. The van der Waals surface area contributed by atoms with Crippen LogP contribution in [0.2, 0.25) is 0 Å². The molecule has 1 saturated heterocycles. The van der Waals surface area contributed by atoms with Gasteiger partial charge in [0, 0.05) is 45.1 Å². The standard InChI is InChI=1S/C17H21N3/c1-19-8-10-20(11-9-19)14-15-4-2-5-16(12-15)17-6-3-7-18-13-17/h2-7,12-13H,8-11,14H2,1H3. The van der Waals surface area contributed by atoms with Crippen molar-refractivity contribution in [2.24, 2.45) is 0 Å². The van der Waals surface area contributed by atoms with E-state index < -0.39 is 0 Å². The third-order valence-corrected chi connectivity index (χ3v) is 3.92. The van der Waals surface area contributed by atoms with E-state index in [1.165, 1.54) is 29.8 Å². The topological polar surface area (TPSA) is 19.4 Å². The van der Waals surface area contributed by atoms with Gasteiger partial charge in [-0.2, -0.15) is 0 Å². The lowest BCUT2D eigenvalue weighted by Crippen LogP contribution is -2.43. The SMILES string of the molecule is CN1CCN(Cc2cccc(-c3cccnc3)c2)CC1. The Kier molecular flexibility index (Phi) is 4.09. The summed E-state index contributed by atoms with van der Waals surface area (Å²) in [4.78, 5) is 9.12. The van der Waals surface area contributed by atoms with E-state index in [2.05, 4.69) is 52.2 Å². The van der Waals surface area contributed by atoms with Gasteiger partial charge in [-0.05, 0) is 35.9 Å². The zero-order chi connectivity index (χ0) is 13.8. The van der Waals surface area contributed by atoms with Crippen molar-refractivity contribution < 1.29 is 0 Å². The summed E-state index contributed by atoms with van der Waals surface area (Å²) in [7, 11) is 2.19. The van der Waals surface area contributed by atoms with Crippen LogP contribution in [0.5, 0.6) is 0 Å². The molecule has 1 aliphatic rings. The maximum absolute atomic E-state index is 4.20. The first-order valence-corrected chi connectivity index (χ1v) is 7.21. The second-order valence-corrected chi connectivity index (χ2v) is 5.52. The van der Waals surface area contributed by atoms with Crippen LogP contribution in [0.1, 0.15) is 5.56 Å². The lowest BCUT2D eigenvalue weighted by molar-refractivity contribution is 0.148. The third-order valence-electron chi connectivity index (χ3n) is 3.92. The molecule has 0 N–H and O–H groups in total. The van der Waals surface area contributed by atoms with Gasteiger partial charge in [-0.25, -0.2) is 0 Å². The van der Waals surface area contributed by atoms with Crippen LogP contribution in [0.25, 0.3) is 11.1 Å². The predicted molar refractivity (Wildman–Crippen MR) is 82.4 cm³/mol. The minimum absolute atomic E-state index is 1.04. The van der Waals surface area contributed by atoms with Gasteiger partial charge in [0.25, 0.3) is 0 Å². The van der Waals surface area contributed by atoms with Crippen molar-refractivity contribution in [2.75, 3.05) is 33.2 Å². The Morgan fingerprint density at radius 3 is 2.55 bits per heavy atom. The van der Waals surface area contributed by atoms with Gasteiger partial charge in [-0.15, -0.1) is 0 Å². The summed E-state index contributed by atoms with van der Waals surface area (Å²) in [6.07, 6.45) is 3.74. The molecular weight excluding hydrogens is 246 g/mol. The molecule has 3 rings (SSSR count). The highest BCUT2D eigenvalue weighted by Crippen LogP contribution is 2.20. The molecule has 1 aliphatic heterocycles. The van der Waals surface area contributed by atoms with Crippen molar-refractivity contribution in [1.82, 2.24) is 14.8 Å². The predicted octanol–water partition coefficient (Wildman–Crippen LogP) is 2.50. The maximum Gasteiger partial charge on any atom is 0.0346 e. The summed E-state index contributed by atoms with van der Waals surface area (Å²) in [6, 6.07) is 12.9. The molecule has 0 saturated carbocycles. The molecular formula is C17H21N3. The highest BCUT2D eigenvalue weighted by atomic mass is 15.2. The number of hydrogen-bond acceptors (Lipinski definition) is 3. The normalized spacial score (nSPS) is 17.2. The van der Waals surface area contributed by atoms with E-state index in [1.54, 1.807) is 0 Å². The smallest absolute Gasteiger partial charge is 0.0346 e. The summed E-state index contributed by atoms with van der Waals surface area (Å²) in [5.74, 6) is 0. The number of likely N-dealkylation sites (N-methyl/N-ethyl adjacent to an activating group) is 1. The van der Waals surface area contributed by atoms with E-state index in [0.29, 0.717) is 0 Å². The summed E-state index contributed by atoms with van der Waals surface area (Å²) in [5, 5.41) is 0. The van der Waals surface area contributed by atoms with Crippen LogP contribution in [-0.4, -0.2) is 48.0 Å². The number of benzene rings is 1. The third kappa shape index (κ3) is 3.24. The van der Waals surface area contributed by atoms with Gasteiger partial charge in [0.15, 0.2) is 0 Å². The highest BCUT2D eigenvalue weighted by molar-refractivity contribution is 5.62. The molecule has 1 aromatic carbocycles. The Labute approximate surface area is 120 Å². The van der Waals surface area contributed by atoms with E-state index in [0.717, 1.165) is 19.6 Å². The number of aromatic nitrogens is 1. The van der Waals surface area contributed by atoms with Crippen molar-refractivity contribution >= 4 is 0 Å². The molecule has 2 heterocycles. The average molecular weight is 267 g/mol. The first kappa shape index (κ1) is 13.3. The van der Waals surface area contributed by atoms with Crippen molar-refractivity contribution in [3.8, 4) is 11.1 Å². The van der Waals surface area contributed by atoms with Gasteiger partial charge in [0.1, 0.15) is 0 Å². The van der Waals surface area contributed by atoms with Crippen LogP contribution in [-0.2, 0) is 6.54 Å². The summed E-state index contributed by atoms with van der Waals surface area (Å²) >= 11 is 0. The Morgan fingerprint density at radius 2 is 1.80 bits per heavy atom. The molecule has 0 bridgehead atoms.